The largest absolute Gasteiger partial charge is 0.480 e. The number of aromatic nitrogens is 2. The van der Waals surface area contributed by atoms with Crippen LogP contribution in [0, 0.1) is 0 Å². The number of hydrogen-bond donors (Lipinski definition) is 1. The summed E-state index contributed by atoms with van der Waals surface area (Å²) >= 11 is 3.43. The number of imidazole rings is 1. The number of para-hydroxylation sites is 1. The zero-order valence-electron chi connectivity index (χ0n) is 12.9. The van der Waals surface area contributed by atoms with Crippen LogP contribution in [0.2, 0.25) is 0 Å². The van der Waals surface area contributed by atoms with E-state index in [-0.39, 0.29) is 0 Å². The SMILES string of the molecule is Cn1cnc(C(C(=O)O)N2CCN(c3ccccc3)CC2)c1Br. The first-order chi connectivity index (χ1) is 11.1. The second kappa shape index (κ2) is 6.72. The summed E-state index contributed by atoms with van der Waals surface area (Å²) in [6.07, 6.45) is 1.63. The number of anilines is 1. The second-order valence-electron chi connectivity index (χ2n) is 5.63. The summed E-state index contributed by atoms with van der Waals surface area (Å²) < 4.78 is 2.50. The van der Waals surface area contributed by atoms with Crippen LogP contribution in [0.3, 0.4) is 0 Å². The van der Waals surface area contributed by atoms with E-state index in [0.29, 0.717) is 18.8 Å². The van der Waals surface area contributed by atoms with E-state index in [1.165, 1.54) is 5.69 Å². The summed E-state index contributed by atoms with van der Waals surface area (Å²) in [6.45, 7) is 2.99. The van der Waals surface area contributed by atoms with Crippen molar-refractivity contribution >= 4 is 27.6 Å². The molecule has 0 spiro atoms. The fourth-order valence-electron chi connectivity index (χ4n) is 2.94. The van der Waals surface area contributed by atoms with E-state index in [4.69, 9.17) is 0 Å². The minimum Gasteiger partial charge on any atom is -0.480 e. The molecule has 1 atom stereocenters. The van der Waals surface area contributed by atoms with E-state index in [0.717, 1.165) is 17.7 Å². The van der Waals surface area contributed by atoms with Crippen molar-refractivity contribution in [2.75, 3.05) is 31.1 Å². The molecule has 1 unspecified atom stereocenters. The summed E-state index contributed by atoms with van der Waals surface area (Å²) in [5.74, 6) is -0.863. The number of nitrogens with zero attached hydrogens (tertiary/aromatic N) is 4. The lowest BCUT2D eigenvalue weighted by atomic mass is 10.1. The van der Waals surface area contributed by atoms with Crippen molar-refractivity contribution < 1.29 is 9.90 Å². The Morgan fingerprint density at radius 1 is 1.22 bits per heavy atom. The maximum absolute atomic E-state index is 11.8. The van der Waals surface area contributed by atoms with Crippen molar-refractivity contribution in [3.63, 3.8) is 0 Å². The maximum atomic E-state index is 11.8. The van der Waals surface area contributed by atoms with Crippen LogP contribution in [0.15, 0.2) is 41.3 Å². The van der Waals surface area contributed by atoms with Crippen LogP contribution in [0.1, 0.15) is 11.7 Å². The van der Waals surface area contributed by atoms with E-state index in [1.807, 2.05) is 30.1 Å². The van der Waals surface area contributed by atoms with Crippen LogP contribution in [-0.4, -0.2) is 51.7 Å². The first-order valence-corrected chi connectivity index (χ1v) is 8.31. The highest BCUT2D eigenvalue weighted by Crippen LogP contribution is 2.28. The molecule has 1 aliphatic rings. The molecule has 122 valence electrons. The summed E-state index contributed by atoms with van der Waals surface area (Å²) in [4.78, 5) is 20.3. The molecule has 1 aromatic heterocycles. The fraction of sp³-hybridized carbons (Fsp3) is 0.375. The summed E-state index contributed by atoms with van der Waals surface area (Å²) in [7, 11) is 1.84. The molecule has 0 saturated carbocycles. The number of benzene rings is 1. The van der Waals surface area contributed by atoms with Gasteiger partial charge in [0.1, 0.15) is 10.3 Å². The van der Waals surface area contributed by atoms with Gasteiger partial charge in [0.25, 0.3) is 0 Å². The molecule has 6 nitrogen and oxygen atoms in total. The molecule has 1 N–H and O–H groups in total. The van der Waals surface area contributed by atoms with Crippen LogP contribution in [0.5, 0.6) is 0 Å². The Kier molecular flexibility index (Phi) is 4.68. The Balaban J connectivity index is 1.74. The van der Waals surface area contributed by atoms with E-state index >= 15 is 0 Å². The third-order valence-corrected chi connectivity index (χ3v) is 5.15. The molecule has 1 aromatic carbocycles. The molecule has 7 heteroatoms. The first kappa shape index (κ1) is 16.0. The standard InChI is InChI=1S/C16H19BrN4O2/c1-19-11-18-13(15(19)17)14(16(22)23)21-9-7-20(8-10-21)12-5-3-2-4-6-12/h2-6,11,14H,7-10H2,1H3,(H,22,23). The average molecular weight is 379 g/mol. The summed E-state index contributed by atoms with van der Waals surface area (Å²) in [5, 5.41) is 9.67. The van der Waals surface area contributed by atoms with E-state index < -0.39 is 12.0 Å². The molecule has 3 rings (SSSR count). The lowest BCUT2D eigenvalue weighted by Crippen LogP contribution is -2.49. The van der Waals surface area contributed by atoms with E-state index in [2.05, 4.69) is 37.9 Å². The van der Waals surface area contributed by atoms with Gasteiger partial charge in [0.2, 0.25) is 0 Å². The van der Waals surface area contributed by atoms with Crippen molar-refractivity contribution in [2.45, 2.75) is 6.04 Å². The molecule has 1 fully saturated rings. The zero-order valence-corrected chi connectivity index (χ0v) is 14.5. The quantitative estimate of drug-likeness (QED) is 0.882. The molecule has 0 bridgehead atoms. The Labute approximate surface area is 143 Å². The van der Waals surface area contributed by atoms with Crippen molar-refractivity contribution in [2.24, 2.45) is 7.05 Å². The van der Waals surface area contributed by atoms with Gasteiger partial charge in [-0.2, -0.15) is 0 Å². The molecular weight excluding hydrogens is 360 g/mol. The first-order valence-electron chi connectivity index (χ1n) is 7.51. The minimum absolute atomic E-state index is 0.563. The van der Waals surface area contributed by atoms with E-state index in [9.17, 15) is 9.90 Å². The maximum Gasteiger partial charge on any atom is 0.327 e. The fourth-order valence-corrected chi connectivity index (χ4v) is 3.35. The van der Waals surface area contributed by atoms with Gasteiger partial charge in [-0.05, 0) is 28.1 Å². The van der Waals surface area contributed by atoms with Crippen molar-refractivity contribution in [3.8, 4) is 0 Å². The smallest absolute Gasteiger partial charge is 0.327 e. The summed E-state index contributed by atoms with van der Waals surface area (Å²) in [5.41, 5.74) is 1.74. The molecule has 2 aromatic rings. The number of piperazine rings is 1. The van der Waals surface area contributed by atoms with Gasteiger partial charge in [-0.15, -0.1) is 0 Å². The van der Waals surface area contributed by atoms with Gasteiger partial charge in [0.05, 0.1) is 6.33 Å². The van der Waals surface area contributed by atoms with Crippen molar-refractivity contribution in [3.05, 3.63) is 47.0 Å². The topological polar surface area (TPSA) is 61.6 Å². The average Bonchev–Trinajstić information content (AvgIpc) is 2.89. The van der Waals surface area contributed by atoms with Gasteiger partial charge in [-0.1, -0.05) is 18.2 Å². The number of aliphatic carboxylic acids is 1. The molecule has 2 heterocycles. The number of carbonyl (C=O) groups is 1. The number of carboxylic acids is 1. The number of aryl methyl sites for hydroxylation is 1. The lowest BCUT2D eigenvalue weighted by Gasteiger charge is -2.38. The molecule has 0 amide bonds. The zero-order chi connectivity index (χ0) is 16.4. The number of carboxylic acid groups (broad SMARTS) is 1. The van der Waals surface area contributed by atoms with Gasteiger partial charge in [-0.3, -0.25) is 9.69 Å². The van der Waals surface area contributed by atoms with E-state index in [1.54, 1.807) is 10.9 Å². The van der Waals surface area contributed by atoms with Crippen LogP contribution in [-0.2, 0) is 11.8 Å². The second-order valence-corrected chi connectivity index (χ2v) is 6.38. The van der Waals surface area contributed by atoms with Crippen LogP contribution < -0.4 is 4.90 Å². The Morgan fingerprint density at radius 3 is 2.39 bits per heavy atom. The monoisotopic (exact) mass is 378 g/mol. The van der Waals surface area contributed by atoms with Crippen LogP contribution >= 0.6 is 15.9 Å². The third kappa shape index (κ3) is 3.25. The molecular formula is C16H19BrN4O2. The van der Waals surface area contributed by atoms with Crippen LogP contribution in [0.4, 0.5) is 5.69 Å². The highest BCUT2D eigenvalue weighted by atomic mass is 79.9. The van der Waals surface area contributed by atoms with Gasteiger partial charge < -0.3 is 14.6 Å². The van der Waals surface area contributed by atoms with Crippen LogP contribution in [0.25, 0.3) is 0 Å². The van der Waals surface area contributed by atoms with Gasteiger partial charge in [0, 0.05) is 38.9 Å². The normalized spacial score (nSPS) is 17.2. The molecule has 1 aliphatic heterocycles. The van der Waals surface area contributed by atoms with Crippen molar-refractivity contribution in [1.82, 2.24) is 14.5 Å². The number of rotatable bonds is 4. The predicted octanol–water partition coefficient (Wildman–Crippen LogP) is 2.13. The number of hydrogen-bond acceptors (Lipinski definition) is 4. The Hall–Kier alpha value is -1.86. The van der Waals surface area contributed by atoms with Gasteiger partial charge >= 0.3 is 5.97 Å². The van der Waals surface area contributed by atoms with Gasteiger partial charge in [0.15, 0.2) is 6.04 Å². The molecule has 0 radical (unpaired) electrons. The van der Waals surface area contributed by atoms with Gasteiger partial charge in [-0.25, -0.2) is 4.98 Å². The molecule has 23 heavy (non-hydrogen) atoms. The lowest BCUT2D eigenvalue weighted by molar-refractivity contribution is -0.144. The number of halogens is 1. The highest BCUT2D eigenvalue weighted by molar-refractivity contribution is 9.10. The Morgan fingerprint density at radius 2 is 1.87 bits per heavy atom. The van der Waals surface area contributed by atoms with Crippen molar-refractivity contribution in [1.29, 1.82) is 0 Å². The highest BCUT2D eigenvalue weighted by Gasteiger charge is 2.33. The summed E-state index contributed by atoms with van der Waals surface area (Å²) in [6, 6.07) is 9.49. The Bertz CT molecular complexity index is 681. The third-order valence-electron chi connectivity index (χ3n) is 4.18. The molecule has 0 aliphatic carbocycles. The predicted molar refractivity (Wildman–Crippen MR) is 91.5 cm³/mol. The minimum atomic E-state index is -0.863. The molecule has 1 saturated heterocycles.